The lowest BCUT2D eigenvalue weighted by atomic mass is 9.93. The van der Waals surface area contributed by atoms with Gasteiger partial charge in [0.15, 0.2) is 0 Å². The molecule has 3 rings (SSSR count). The number of likely N-dealkylation sites (N-methyl/N-ethyl adjacent to an activating group) is 1. The van der Waals surface area contributed by atoms with Crippen molar-refractivity contribution in [3.05, 3.63) is 0 Å². The molecule has 138 valence electrons. The molecule has 1 saturated carbocycles. The molecule has 3 aliphatic rings. The fourth-order valence-corrected chi connectivity index (χ4v) is 3.53. The van der Waals surface area contributed by atoms with Gasteiger partial charge >= 0.3 is 0 Å². The molecule has 3 heteroatoms. The molecule has 0 aromatic heterocycles. The first kappa shape index (κ1) is 20.9. The summed E-state index contributed by atoms with van der Waals surface area (Å²) >= 11 is 0. The minimum absolute atomic E-state index is 0.730. The molecule has 2 saturated heterocycles. The SMILES string of the molecule is CC.CC(C)N1CCC2(CC1)CC2.CC(C)N1CCN(C)CC1. The van der Waals surface area contributed by atoms with Crippen molar-refractivity contribution in [1.29, 1.82) is 0 Å². The van der Waals surface area contributed by atoms with Crippen LogP contribution in [0, 0.1) is 5.41 Å². The third-order valence-corrected chi connectivity index (χ3v) is 5.81. The second-order valence-electron chi connectivity index (χ2n) is 8.06. The molecule has 0 amide bonds. The van der Waals surface area contributed by atoms with E-state index < -0.39 is 0 Å². The number of piperazine rings is 1. The number of hydrogen-bond acceptors (Lipinski definition) is 3. The van der Waals surface area contributed by atoms with Gasteiger partial charge in [-0.1, -0.05) is 13.8 Å². The van der Waals surface area contributed by atoms with Crippen LogP contribution in [-0.4, -0.2) is 73.1 Å². The highest BCUT2D eigenvalue weighted by Gasteiger charge is 2.44. The number of nitrogens with zero attached hydrogens (tertiary/aromatic N) is 3. The molecule has 0 atom stereocenters. The van der Waals surface area contributed by atoms with E-state index >= 15 is 0 Å². The molecule has 0 bridgehead atoms. The Morgan fingerprint density at radius 2 is 1.00 bits per heavy atom. The lowest BCUT2D eigenvalue weighted by Gasteiger charge is -2.34. The molecule has 3 nitrogen and oxygen atoms in total. The minimum atomic E-state index is 0.730. The maximum absolute atomic E-state index is 2.61. The first-order valence-electron chi connectivity index (χ1n) is 10.1. The standard InChI is InChI=1S/C10H19N.C8H18N2.C2H6/c1-9(2)11-7-5-10(3-4-10)6-8-11;1-8(2)10-6-4-9(3)5-7-10;1-2/h9H,3-8H2,1-2H3;8H,4-7H2,1-3H3;1-2H3. The zero-order valence-electron chi connectivity index (χ0n) is 17.1. The van der Waals surface area contributed by atoms with Crippen LogP contribution in [0.5, 0.6) is 0 Å². The Kier molecular flexibility index (Phi) is 9.10. The molecule has 1 aliphatic carbocycles. The van der Waals surface area contributed by atoms with Crippen molar-refractivity contribution < 1.29 is 0 Å². The van der Waals surface area contributed by atoms with E-state index in [9.17, 15) is 0 Å². The molecular weight excluding hydrogens is 282 g/mol. The highest BCUT2D eigenvalue weighted by Crippen LogP contribution is 2.53. The normalized spacial score (nSPS) is 24.9. The van der Waals surface area contributed by atoms with E-state index in [4.69, 9.17) is 0 Å². The van der Waals surface area contributed by atoms with Gasteiger partial charge in [0, 0.05) is 38.3 Å². The topological polar surface area (TPSA) is 9.72 Å². The lowest BCUT2D eigenvalue weighted by molar-refractivity contribution is 0.126. The van der Waals surface area contributed by atoms with Gasteiger partial charge in [-0.05, 0) is 78.9 Å². The van der Waals surface area contributed by atoms with Gasteiger partial charge in [0.25, 0.3) is 0 Å². The molecular formula is C20H43N3. The summed E-state index contributed by atoms with van der Waals surface area (Å²) in [7, 11) is 2.19. The summed E-state index contributed by atoms with van der Waals surface area (Å²) in [5.74, 6) is 0. The molecule has 0 N–H and O–H groups in total. The van der Waals surface area contributed by atoms with Gasteiger partial charge in [-0.15, -0.1) is 0 Å². The Morgan fingerprint density at radius 1 is 0.609 bits per heavy atom. The zero-order valence-corrected chi connectivity index (χ0v) is 17.1. The molecule has 2 aliphatic heterocycles. The van der Waals surface area contributed by atoms with Crippen LogP contribution in [0.4, 0.5) is 0 Å². The first-order chi connectivity index (χ1) is 10.9. The minimum Gasteiger partial charge on any atom is -0.304 e. The third-order valence-electron chi connectivity index (χ3n) is 5.81. The average molecular weight is 326 g/mol. The quantitative estimate of drug-likeness (QED) is 0.761. The zero-order chi connectivity index (χ0) is 17.5. The van der Waals surface area contributed by atoms with Gasteiger partial charge in [0.1, 0.15) is 0 Å². The fourth-order valence-electron chi connectivity index (χ4n) is 3.53. The van der Waals surface area contributed by atoms with Gasteiger partial charge in [0.05, 0.1) is 0 Å². The van der Waals surface area contributed by atoms with Crippen molar-refractivity contribution >= 4 is 0 Å². The largest absolute Gasteiger partial charge is 0.304 e. The number of rotatable bonds is 2. The molecule has 2 heterocycles. The number of hydrogen-bond donors (Lipinski definition) is 0. The summed E-state index contributed by atoms with van der Waals surface area (Å²) in [5.41, 5.74) is 0.853. The highest BCUT2D eigenvalue weighted by molar-refractivity contribution is 4.97. The van der Waals surface area contributed by atoms with Crippen LogP contribution in [-0.2, 0) is 0 Å². The molecule has 3 fully saturated rings. The summed E-state index contributed by atoms with van der Waals surface area (Å²) in [6.07, 6.45) is 6.01. The van der Waals surface area contributed by atoms with Gasteiger partial charge in [-0.2, -0.15) is 0 Å². The highest BCUT2D eigenvalue weighted by atomic mass is 15.3. The summed E-state index contributed by atoms with van der Waals surface area (Å²) in [4.78, 5) is 7.53. The Bertz CT molecular complexity index is 292. The second kappa shape index (κ2) is 10.0. The van der Waals surface area contributed by atoms with Crippen molar-refractivity contribution in [2.75, 3.05) is 46.3 Å². The van der Waals surface area contributed by atoms with E-state index in [0.717, 1.165) is 17.5 Å². The van der Waals surface area contributed by atoms with E-state index in [2.05, 4.69) is 49.4 Å². The van der Waals surface area contributed by atoms with Crippen molar-refractivity contribution in [3.63, 3.8) is 0 Å². The number of likely N-dealkylation sites (tertiary alicyclic amines) is 1. The third kappa shape index (κ3) is 7.11. The molecule has 1 spiro atoms. The van der Waals surface area contributed by atoms with Crippen LogP contribution in [0.1, 0.15) is 67.2 Å². The predicted molar refractivity (Wildman–Crippen MR) is 103 cm³/mol. The van der Waals surface area contributed by atoms with Crippen molar-refractivity contribution in [2.24, 2.45) is 5.41 Å². The van der Waals surface area contributed by atoms with Crippen LogP contribution in [0.15, 0.2) is 0 Å². The van der Waals surface area contributed by atoms with Gasteiger partial charge in [0.2, 0.25) is 0 Å². The predicted octanol–water partition coefficient (Wildman–Crippen LogP) is 3.94. The van der Waals surface area contributed by atoms with E-state index in [1.165, 1.54) is 65.0 Å². The van der Waals surface area contributed by atoms with Crippen molar-refractivity contribution in [1.82, 2.24) is 14.7 Å². The monoisotopic (exact) mass is 325 g/mol. The molecule has 0 aromatic rings. The Hall–Kier alpha value is -0.120. The number of piperidine rings is 1. The van der Waals surface area contributed by atoms with Crippen LogP contribution >= 0.6 is 0 Å². The van der Waals surface area contributed by atoms with Crippen LogP contribution < -0.4 is 0 Å². The van der Waals surface area contributed by atoms with Gasteiger partial charge in [-0.3, -0.25) is 4.90 Å². The Labute approximate surface area is 146 Å². The summed E-state index contributed by atoms with van der Waals surface area (Å²) in [6, 6.07) is 1.50. The van der Waals surface area contributed by atoms with Gasteiger partial charge < -0.3 is 9.80 Å². The van der Waals surface area contributed by atoms with E-state index in [0.29, 0.717) is 0 Å². The van der Waals surface area contributed by atoms with E-state index in [-0.39, 0.29) is 0 Å². The molecule has 0 unspecified atom stereocenters. The van der Waals surface area contributed by atoms with Crippen LogP contribution in [0.25, 0.3) is 0 Å². The molecule has 0 aromatic carbocycles. The Balaban J connectivity index is 0.000000209. The van der Waals surface area contributed by atoms with E-state index in [1.807, 2.05) is 13.8 Å². The van der Waals surface area contributed by atoms with Crippen LogP contribution in [0.2, 0.25) is 0 Å². The maximum atomic E-state index is 2.61. The van der Waals surface area contributed by atoms with E-state index in [1.54, 1.807) is 0 Å². The van der Waals surface area contributed by atoms with Crippen LogP contribution in [0.3, 0.4) is 0 Å². The average Bonchev–Trinajstić information content (AvgIpc) is 3.30. The molecule has 23 heavy (non-hydrogen) atoms. The second-order valence-corrected chi connectivity index (χ2v) is 8.06. The lowest BCUT2D eigenvalue weighted by Crippen LogP contribution is -2.47. The first-order valence-corrected chi connectivity index (χ1v) is 10.1. The summed E-state index contributed by atoms with van der Waals surface area (Å²) < 4.78 is 0. The summed E-state index contributed by atoms with van der Waals surface area (Å²) in [6.45, 7) is 20.8. The van der Waals surface area contributed by atoms with Crippen molar-refractivity contribution in [2.45, 2.75) is 79.3 Å². The Morgan fingerprint density at radius 3 is 1.35 bits per heavy atom. The molecule has 0 radical (unpaired) electrons. The van der Waals surface area contributed by atoms with Gasteiger partial charge in [-0.25, -0.2) is 0 Å². The summed E-state index contributed by atoms with van der Waals surface area (Å²) in [5, 5.41) is 0. The maximum Gasteiger partial charge on any atom is 0.0112 e. The fraction of sp³-hybridized carbons (Fsp3) is 1.00. The smallest absolute Gasteiger partial charge is 0.0112 e. The van der Waals surface area contributed by atoms with Crippen molar-refractivity contribution in [3.8, 4) is 0 Å².